The Labute approximate surface area is 122 Å². The zero-order valence-corrected chi connectivity index (χ0v) is 12.6. The van der Waals surface area contributed by atoms with Crippen LogP contribution in [0.1, 0.15) is 64.2 Å². The van der Waals surface area contributed by atoms with Crippen LogP contribution in [0, 0.1) is 10.8 Å². The van der Waals surface area contributed by atoms with Crippen LogP contribution in [-0.4, -0.2) is 29.8 Å². The van der Waals surface area contributed by atoms with Crippen molar-refractivity contribution in [3.63, 3.8) is 0 Å². The molecule has 0 bridgehead atoms. The highest BCUT2D eigenvalue weighted by molar-refractivity contribution is 5.99. The molecule has 20 heavy (non-hydrogen) atoms. The summed E-state index contributed by atoms with van der Waals surface area (Å²) in [5.41, 5.74) is 0.0736. The van der Waals surface area contributed by atoms with Crippen LogP contribution in [0.15, 0.2) is 12.2 Å². The van der Waals surface area contributed by atoms with Crippen LogP contribution in [0.2, 0.25) is 0 Å². The summed E-state index contributed by atoms with van der Waals surface area (Å²) in [6.45, 7) is 2.48. The van der Waals surface area contributed by atoms with Gasteiger partial charge in [0.05, 0.1) is 0 Å². The van der Waals surface area contributed by atoms with Crippen molar-refractivity contribution < 1.29 is 4.79 Å². The van der Waals surface area contributed by atoms with E-state index in [4.69, 9.17) is 0 Å². The molecule has 0 aromatic carbocycles. The molecule has 0 aromatic rings. The van der Waals surface area contributed by atoms with Crippen molar-refractivity contribution in [3.05, 3.63) is 12.2 Å². The molecule has 3 fully saturated rings. The molecule has 0 radical (unpaired) electrons. The molecule has 2 heteroatoms. The summed E-state index contributed by atoms with van der Waals surface area (Å²) < 4.78 is 0. The van der Waals surface area contributed by atoms with Crippen LogP contribution in [0.3, 0.4) is 0 Å². The Bertz CT molecular complexity index is 429. The highest BCUT2D eigenvalue weighted by Gasteiger charge is 2.70. The smallest absolute Gasteiger partial charge is 0.148 e. The SMILES string of the molecule is O=C1C2(CCCCC2)[C@@H](N2CCCC2)[C@]12CC=CCC2. The van der Waals surface area contributed by atoms with Gasteiger partial charge in [0.15, 0.2) is 0 Å². The van der Waals surface area contributed by atoms with Crippen LogP contribution in [0.25, 0.3) is 0 Å². The minimum Gasteiger partial charge on any atom is -0.298 e. The molecule has 0 unspecified atom stereocenters. The maximum Gasteiger partial charge on any atom is 0.148 e. The molecule has 2 saturated carbocycles. The van der Waals surface area contributed by atoms with Gasteiger partial charge in [0.2, 0.25) is 0 Å². The molecule has 3 aliphatic carbocycles. The first kappa shape index (κ1) is 13.1. The van der Waals surface area contributed by atoms with Crippen LogP contribution in [-0.2, 0) is 4.79 Å². The maximum atomic E-state index is 13.2. The molecule has 4 aliphatic rings. The first-order valence-corrected chi connectivity index (χ1v) is 8.74. The summed E-state index contributed by atoms with van der Waals surface area (Å²) in [5.74, 6) is 0.658. The van der Waals surface area contributed by atoms with Crippen LogP contribution in [0.5, 0.6) is 0 Å². The van der Waals surface area contributed by atoms with Gasteiger partial charge in [0, 0.05) is 16.9 Å². The van der Waals surface area contributed by atoms with Gasteiger partial charge in [0.25, 0.3) is 0 Å². The fourth-order valence-electron chi connectivity index (χ4n) is 5.89. The maximum absolute atomic E-state index is 13.2. The minimum atomic E-state index is 0.0103. The second-order valence-corrected chi connectivity index (χ2v) is 7.56. The summed E-state index contributed by atoms with van der Waals surface area (Å²) in [5, 5.41) is 0. The molecule has 2 spiro atoms. The third kappa shape index (κ3) is 1.57. The van der Waals surface area contributed by atoms with Gasteiger partial charge >= 0.3 is 0 Å². The lowest BCUT2D eigenvalue weighted by molar-refractivity contribution is -0.187. The van der Waals surface area contributed by atoms with E-state index in [2.05, 4.69) is 17.1 Å². The number of rotatable bonds is 1. The number of carbonyl (C=O) groups excluding carboxylic acids is 1. The Morgan fingerprint density at radius 3 is 2.30 bits per heavy atom. The number of carbonyl (C=O) groups is 1. The normalized spacial score (nSPS) is 40.4. The first-order chi connectivity index (χ1) is 9.80. The number of likely N-dealkylation sites (tertiary alicyclic amines) is 1. The van der Waals surface area contributed by atoms with Crippen molar-refractivity contribution in [2.45, 2.75) is 70.3 Å². The summed E-state index contributed by atoms with van der Waals surface area (Å²) in [7, 11) is 0. The van der Waals surface area contributed by atoms with Gasteiger partial charge in [-0.15, -0.1) is 0 Å². The average Bonchev–Trinajstić information content (AvgIpc) is 3.02. The van der Waals surface area contributed by atoms with E-state index in [0.29, 0.717) is 11.8 Å². The monoisotopic (exact) mass is 273 g/mol. The zero-order chi connectivity index (χ0) is 13.6. The fourth-order valence-corrected chi connectivity index (χ4v) is 5.89. The van der Waals surface area contributed by atoms with Gasteiger partial charge in [-0.3, -0.25) is 9.69 Å². The van der Waals surface area contributed by atoms with E-state index in [0.717, 1.165) is 19.3 Å². The summed E-state index contributed by atoms with van der Waals surface area (Å²) >= 11 is 0. The van der Waals surface area contributed by atoms with Gasteiger partial charge < -0.3 is 0 Å². The molecule has 0 aromatic heterocycles. The Hall–Kier alpha value is -0.630. The van der Waals surface area contributed by atoms with Crippen molar-refractivity contribution in [2.24, 2.45) is 10.8 Å². The predicted octanol–water partition coefficient (Wildman–Crippen LogP) is 3.71. The Balaban J connectivity index is 1.69. The topological polar surface area (TPSA) is 20.3 Å². The van der Waals surface area contributed by atoms with E-state index in [1.165, 1.54) is 58.0 Å². The molecule has 1 heterocycles. The molecular weight excluding hydrogens is 246 g/mol. The van der Waals surface area contributed by atoms with E-state index < -0.39 is 0 Å². The summed E-state index contributed by atoms with van der Waals surface area (Å²) in [6, 6.07) is 0.579. The molecule has 2 atom stereocenters. The lowest BCUT2D eigenvalue weighted by Crippen LogP contribution is -2.75. The molecule has 110 valence electrons. The molecule has 4 rings (SSSR count). The molecule has 1 aliphatic heterocycles. The van der Waals surface area contributed by atoms with E-state index in [-0.39, 0.29) is 10.8 Å². The zero-order valence-electron chi connectivity index (χ0n) is 12.6. The number of allylic oxidation sites excluding steroid dienone is 2. The van der Waals surface area contributed by atoms with E-state index in [9.17, 15) is 4.79 Å². The quantitative estimate of drug-likeness (QED) is 0.679. The highest BCUT2D eigenvalue weighted by Crippen LogP contribution is 2.64. The highest BCUT2D eigenvalue weighted by atomic mass is 16.1. The molecule has 2 nitrogen and oxygen atoms in total. The standard InChI is InChI=1S/C18H27NO/c20-16-17(9-3-1-4-10-17)15(19-13-7-8-14-19)18(16)11-5-2-6-12-18/h1,3,15H,2,4-14H2/t15-,17+/m0/s1. The summed E-state index contributed by atoms with van der Waals surface area (Å²) in [6.07, 6.45) is 16.8. The van der Waals surface area contributed by atoms with Gasteiger partial charge in [-0.25, -0.2) is 0 Å². The van der Waals surface area contributed by atoms with Crippen molar-refractivity contribution in [1.82, 2.24) is 4.90 Å². The van der Waals surface area contributed by atoms with E-state index in [1.807, 2.05) is 0 Å². The number of Topliss-reactive ketones (excluding diaryl/α,β-unsaturated/α-hetero) is 1. The summed E-state index contributed by atoms with van der Waals surface area (Å²) in [4.78, 5) is 15.9. The van der Waals surface area contributed by atoms with Crippen molar-refractivity contribution in [3.8, 4) is 0 Å². The number of ketones is 1. The van der Waals surface area contributed by atoms with Crippen LogP contribution >= 0.6 is 0 Å². The van der Waals surface area contributed by atoms with Crippen molar-refractivity contribution >= 4 is 5.78 Å². The molecule has 1 saturated heterocycles. The van der Waals surface area contributed by atoms with Gasteiger partial charge in [-0.1, -0.05) is 31.4 Å². The van der Waals surface area contributed by atoms with Crippen molar-refractivity contribution in [2.75, 3.05) is 13.1 Å². The lowest BCUT2D eigenvalue weighted by atomic mass is 9.41. The Morgan fingerprint density at radius 1 is 0.900 bits per heavy atom. The second-order valence-electron chi connectivity index (χ2n) is 7.56. The molecular formula is C18H27NO. The van der Waals surface area contributed by atoms with Gasteiger partial charge in [-0.05, 0) is 58.0 Å². The van der Waals surface area contributed by atoms with Crippen molar-refractivity contribution in [1.29, 1.82) is 0 Å². The predicted molar refractivity (Wildman–Crippen MR) is 80.5 cm³/mol. The lowest BCUT2D eigenvalue weighted by Gasteiger charge is -2.66. The van der Waals surface area contributed by atoms with Gasteiger partial charge in [0.1, 0.15) is 5.78 Å². The Morgan fingerprint density at radius 2 is 1.65 bits per heavy atom. The Kier molecular flexibility index (Phi) is 3.06. The average molecular weight is 273 g/mol. The van der Waals surface area contributed by atoms with Gasteiger partial charge in [-0.2, -0.15) is 0 Å². The largest absolute Gasteiger partial charge is 0.298 e. The number of hydrogen-bond acceptors (Lipinski definition) is 2. The van der Waals surface area contributed by atoms with Crippen LogP contribution in [0.4, 0.5) is 0 Å². The third-order valence-corrected chi connectivity index (χ3v) is 6.61. The fraction of sp³-hybridized carbons (Fsp3) is 0.833. The molecule has 0 N–H and O–H groups in total. The first-order valence-electron chi connectivity index (χ1n) is 8.74. The third-order valence-electron chi connectivity index (χ3n) is 6.61. The van der Waals surface area contributed by atoms with Crippen LogP contribution < -0.4 is 0 Å². The van der Waals surface area contributed by atoms with E-state index in [1.54, 1.807) is 0 Å². The number of nitrogens with zero attached hydrogens (tertiary/aromatic N) is 1. The minimum absolute atomic E-state index is 0.0103. The molecule has 0 amide bonds. The second kappa shape index (κ2) is 4.69. The van der Waals surface area contributed by atoms with E-state index >= 15 is 0 Å². The number of hydrogen-bond donors (Lipinski definition) is 0.